The van der Waals surface area contributed by atoms with E-state index in [1.165, 1.54) is 25.1 Å². The molecule has 0 aliphatic carbocycles. The van der Waals surface area contributed by atoms with Crippen LogP contribution in [-0.4, -0.2) is 40.7 Å². The van der Waals surface area contributed by atoms with E-state index >= 15 is 0 Å². The molecule has 9 nitrogen and oxygen atoms in total. The van der Waals surface area contributed by atoms with Crippen molar-refractivity contribution in [3.05, 3.63) is 60.2 Å². The highest BCUT2D eigenvalue weighted by Gasteiger charge is 2.23. The largest absolute Gasteiger partial charge is 0.480 e. The molecule has 0 amide bonds. The summed E-state index contributed by atoms with van der Waals surface area (Å²) in [7, 11) is -4.02. The van der Waals surface area contributed by atoms with Crippen molar-refractivity contribution in [1.29, 1.82) is 0 Å². The monoisotopic (exact) mass is 416 g/mol. The van der Waals surface area contributed by atoms with Crippen LogP contribution in [0.1, 0.15) is 37.6 Å². The molecule has 0 spiro atoms. The van der Waals surface area contributed by atoms with Gasteiger partial charge in [-0.1, -0.05) is 24.2 Å². The van der Waals surface area contributed by atoms with Crippen LogP contribution in [0.25, 0.3) is 11.4 Å². The van der Waals surface area contributed by atoms with Crippen LogP contribution in [0.3, 0.4) is 0 Å². The smallest absolute Gasteiger partial charge is 0.321 e. The van der Waals surface area contributed by atoms with Crippen molar-refractivity contribution in [3.8, 4) is 11.4 Å². The minimum atomic E-state index is -4.02. The average Bonchev–Trinajstić information content (AvgIpc) is 3.19. The second kappa shape index (κ2) is 8.50. The topological polar surface area (TPSA) is 135 Å². The standard InChI is InChI=1S/C19H20N4O5S/c1-3-16(13-7-9-20-10-8-13)18-21-17(22-28-18)14-5-4-6-15(11-14)29(26,27)23-12(2)19(24)25/h4-12,16,23H,3H2,1-2H3,(H,24,25). The van der Waals surface area contributed by atoms with Crippen LogP contribution >= 0.6 is 0 Å². The first-order chi connectivity index (χ1) is 13.8. The van der Waals surface area contributed by atoms with E-state index in [-0.39, 0.29) is 16.6 Å². The van der Waals surface area contributed by atoms with Gasteiger partial charge in [0, 0.05) is 18.0 Å². The molecule has 2 aromatic heterocycles. The van der Waals surface area contributed by atoms with Gasteiger partial charge in [0.05, 0.1) is 10.8 Å². The molecule has 0 bridgehead atoms. The summed E-state index contributed by atoms with van der Waals surface area (Å²) in [6.07, 6.45) is 4.11. The fourth-order valence-corrected chi connectivity index (χ4v) is 4.04. The van der Waals surface area contributed by atoms with Crippen molar-refractivity contribution in [3.63, 3.8) is 0 Å². The van der Waals surface area contributed by atoms with Crippen molar-refractivity contribution in [2.75, 3.05) is 0 Å². The van der Waals surface area contributed by atoms with E-state index in [2.05, 4.69) is 19.8 Å². The first kappa shape index (κ1) is 20.6. The van der Waals surface area contributed by atoms with E-state index in [0.29, 0.717) is 11.5 Å². The molecule has 2 N–H and O–H groups in total. The quantitative estimate of drug-likeness (QED) is 0.571. The Hall–Kier alpha value is -3.11. The van der Waals surface area contributed by atoms with Gasteiger partial charge in [-0.15, -0.1) is 0 Å². The molecule has 0 aliphatic rings. The maximum Gasteiger partial charge on any atom is 0.321 e. The van der Waals surface area contributed by atoms with E-state index in [0.717, 1.165) is 12.0 Å². The summed E-state index contributed by atoms with van der Waals surface area (Å²) in [4.78, 5) is 19.3. The predicted molar refractivity (Wildman–Crippen MR) is 104 cm³/mol. The summed E-state index contributed by atoms with van der Waals surface area (Å²) in [6, 6.07) is 8.42. The number of hydrogen-bond donors (Lipinski definition) is 2. The minimum Gasteiger partial charge on any atom is -0.480 e. The average molecular weight is 416 g/mol. The predicted octanol–water partition coefficient (Wildman–Crippen LogP) is 2.42. The fourth-order valence-electron chi connectivity index (χ4n) is 2.80. The number of nitrogens with zero attached hydrogens (tertiary/aromatic N) is 3. The zero-order valence-electron chi connectivity index (χ0n) is 15.8. The lowest BCUT2D eigenvalue weighted by molar-refractivity contribution is -0.138. The second-order valence-electron chi connectivity index (χ2n) is 6.41. The number of sulfonamides is 1. The minimum absolute atomic E-state index is 0.0874. The van der Waals surface area contributed by atoms with Gasteiger partial charge in [-0.3, -0.25) is 9.78 Å². The highest BCUT2D eigenvalue weighted by Crippen LogP contribution is 2.28. The first-order valence-electron chi connectivity index (χ1n) is 8.91. The number of nitrogens with one attached hydrogen (secondary N) is 1. The molecule has 0 radical (unpaired) electrons. The Balaban J connectivity index is 1.89. The van der Waals surface area contributed by atoms with Crippen LogP contribution in [0.5, 0.6) is 0 Å². The van der Waals surface area contributed by atoms with E-state index in [4.69, 9.17) is 9.63 Å². The fraction of sp³-hybridized carbons (Fsp3) is 0.263. The van der Waals surface area contributed by atoms with E-state index in [9.17, 15) is 13.2 Å². The van der Waals surface area contributed by atoms with Gasteiger partial charge in [0.1, 0.15) is 6.04 Å². The number of pyridine rings is 1. The van der Waals surface area contributed by atoms with E-state index in [1.807, 2.05) is 19.1 Å². The summed E-state index contributed by atoms with van der Waals surface area (Å²) in [6.45, 7) is 3.25. The van der Waals surface area contributed by atoms with E-state index < -0.39 is 22.0 Å². The molecule has 152 valence electrons. The third kappa shape index (κ3) is 4.66. The third-order valence-electron chi connectivity index (χ3n) is 4.36. The Morgan fingerprint density at radius 1 is 1.24 bits per heavy atom. The number of benzene rings is 1. The molecule has 2 unspecified atom stereocenters. The molecule has 0 fully saturated rings. The van der Waals surface area contributed by atoms with Crippen molar-refractivity contribution >= 4 is 16.0 Å². The number of carboxylic acids is 1. The lowest BCUT2D eigenvalue weighted by Gasteiger charge is -2.10. The van der Waals surface area contributed by atoms with Gasteiger partial charge < -0.3 is 9.63 Å². The molecule has 2 heterocycles. The molecule has 3 aromatic rings. The molecule has 0 aliphatic heterocycles. The molecule has 0 saturated heterocycles. The number of rotatable bonds is 8. The molecular formula is C19H20N4O5S. The first-order valence-corrected chi connectivity index (χ1v) is 10.4. The number of hydrogen-bond acceptors (Lipinski definition) is 7. The van der Waals surface area contributed by atoms with Gasteiger partial charge in [-0.05, 0) is 43.2 Å². The molecular weight excluding hydrogens is 396 g/mol. The van der Waals surface area contributed by atoms with Crippen LogP contribution in [0, 0.1) is 0 Å². The van der Waals surface area contributed by atoms with Gasteiger partial charge >= 0.3 is 5.97 Å². The maximum absolute atomic E-state index is 12.4. The number of aromatic nitrogens is 3. The summed E-state index contributed by atoms with van der Waals surface area (Å²) >= 11 is 0. The van der Waals surface area contributed by atoms with Gasteiger partial charge in [0.15, 0.2) is 0 Å². The number of aliphatic carboxylic acids is 1. The summed E-state index contributed by atoms with van der Waals surface area (Å²) in [5.41, 5.74) is 1.43. The van der Waals surface area contributed by atoms with Gasteiger partial charge in [-0.2, -0.15) is 9.71 Å². The SMILES string of the molecule is CCC(c1ccncc1)c1nc(-c2cccc(S(=O)(=O)NC(C)C(=O)O)c2)no1. The zero-order valence-corrected chi connectivity index (χ0v) is 16.6. The Bertz CT molecular complexity index is 1100. The normalized spacial score (nSPS) is 13.7. The van der Waals surface area contributed by atoms with Crippen LogP contribution in [-0.2, 0) is 14.8 Å². The van der Waals surface area contributed by atoms with Crippen LogP contribution in [0.4, 0.5) is 0 Å². The Kier molecular flexibility index (Phi) is 6.04. The van der Waals surface area contributed by atoms with Gasteiger partial charge in [0.25, 0.3) is 0 Å². The molecule has 2 atom stereocenters. The lowest BCUT2D eigenvalue weighted by atomic mass is 9.97. The van der Waals surface area contributed by atoms with Crippen molar-refractivity contribution in [2.24, 2.45) is 0 Å². The van der Waals surface area contributed by atoms with Crippen LogP contribution < -0.4 is 4.72 Å². The molecule has 1 aromatic carbocycles. The maximum atomic E-state index is 12.4. The van der Waals surface area contributed by atoms with Crippen molar-refractivity contribution in [2.45, 2.75) is 37.1 Å². The van der Waals surface area contributed by atoms with Crippen molar-refractivity contribution in [1.82, 2.24) is 19.8 Å². The molecule has 0 saturated carbocycles. The number of carbonyl (C=O) groups is 1. The molecule has 10 heteroatoms. The Morgan fingerprint density at radius 3 is 2.62 bits per heavy atom. The molecule has 29 heavy (non-hydrogen) atoms. The van der Waals surface area contributed by atoms with E-state index in [1.54, 1.807) is 18.5 Å². The van der Waals surface area contributed by atoms with Crippen LogP contribution in [0.15, 0.2) is 58.2 Å². The lowest BCUT2D eigenvalue weighted by Crippen LogP contribution is -2.38. The summed E-state index contributed by atoms with van der Waals surface area (Å²) in [5.74, 6) is -0.714. The zero-order chi connectivity index (χ0) is 21.0. The van der Waals surface area contributed by atoms with Gasteiger partial charge in [0.2, 0.25) is 21.7 Å². The third-order valence-corrected chi connectivity index (χ3v) is 5.90. The van der Waals surface area contributed by atoms with Crippen LogP contribution in [0.2, 0.25) is 0 Å². The molecule has 3 rings (SSSR count). The summed E-state index contributed by atoms with van der Waals surface area (Å²) < 4.78 is 32.4. The Labute approximate surface area is 167 Å². The highest BCUT2D eigenvalue weighted by atomic mass is 32.2. The highest BCUT2D eigenvalue weighted by molar-refractivity contribution is 7.89. The Morgan fingerprint density at radius 2 is 1.97 bits per heavy atom. The number of carboxylic acid groups (broad SMARTS) is 1. The van der Waals surface area contributed by atoms with Gasteiger partial charge in [-0.25, -0.2) is 8.42 Å². The second-order valence-corrected chi connectivity index (χ2v) is 8.12. The summed E-state index contributed by atoms with van der Waals surface area (Å²) in [5, 5.41) is 12.9. The van der Waals surface area contributed by atoms with Crippen molar-refractivity contribution < 1.29 is 22.8 Å².